The third kappa shape index (κ3) is 3.14. The van der Waals surface area contributed by atoms with Crippen molar-refractivity contribution in [3.05, 3.63) is 66.4 Å². The van der Waals surface area contributed by atoms with Crippen molar-refractivity contribution in [1.29, 1.82) is 0 Å². The van der Waals surface area contributed by atoms with E-state index in [2.05, 4.69) is 43.4 Å². The number of amides is 1. The molecule has 0 bridgehead atoms. The first kappa shape index (κ1) is 15.3. The van der Waals surface area contributed by atoms with E-state index >= 15 is 0 Å². The van der Waals surface area contributed by atoms with Gasteiger partial charge in [-0.25, -0.2) is 0 Å². The van der Waals surface area contributed by atoms with Gasteiger partial charge in [0, 0.05) is 17.4 Å². The number of hydrogen-bond acceptors (Lipinski definition) is 1. The zero-order chi connectivity index (χ0) is 16.4. The van der Waals surface area contributed by atoms with E-state index in [-0.39, 0.29) is 11.9 Å². The lowest BCUT2D eigenvalue weighted by molar-refractivity contribution is -0.118. The molecule has 3 rings (SSSR count). The minimum absolute atomic E-state index is 0.0124. The summed E-state index contributed by atoms with van der Waals surface area (Å²) in [6.07, 6.45) is 1.99. The second kappa shape index (κ2) is 6.29. The summed E-state index contributed by atoms with van der Waals surface area (Å²) >= 11 is 0. The van der Waals surface area contributed by atoms with E-state index < -0.39 is 0 Å². The third-order valence-electron chi connectivity index (χ3n) is 4.25. The molecule has 0 spiro atoms. The summed E-state index contributed by atoms with van der Waals surface area (Å²) in [6, 6.07) is 17.8. The van der Waals surface area contributed by atoms with Crippen LogP contribution in [-0.4, -0.2) is 10.5 Å². The van der Waals surface area contributed by atoms with E-state index in [0.717, 1.165) is 11.2 Å². The maximum atomic E-state index is 12.5. The zero-order valence-corrected chi connectivity index (χ0v) is 13.8. The van der Waals surface area contributed by atoms with Gasteiger partial charge >= 0.3 is 0 Å². The highest BCUT2D eigenvalue weighted by atomic mass is 16.2. The smallest absolute Gasteiger partial charge is 0.247 e. The Labute approximate surface area is 136 Å². The highest BCUT2D eigenvalue weighted by Gasteiger charge is 2.17. The lowest BCUT2D eigenvalue weighted by Gasteiger charge is -2.16. The van der Waals surface area contributed by atoms with Gasteiger partial charge in [-0.1, -0.05) is 38.1 Å². The van der Waals surface area contributed by atoms with Gasteiger partial charge < -0.3 is 9.88 Å². The van der Waals surface area contributed by atoms with E-state index in [1.165, 1.54) is 10.9 Å². The van der Waals surface area contributed by atoms with Gasteiger partial charge in [0.15, 0.2) is 0 Å². The molecule has 0 aliphatic carbocycles. The van der Waals surface area contributed by atoms with Gasteiger partial charge in [0.1, 0.15) is 6.04 Å². The number of fused-ring (bicyclic) bond motifs is 1. The summed E-state index contributed by atoms with van der Waals surface area (Å²) < 4.78 is 2.03. The Morgan fingerprint density at radius 1 is 1.00 bits per heavy atom. The molecule has 0 saturated carbocycles. The standard InChI is InChI=1S/C20H22N2O/c1-14(2)16-9-10-19-17(13-16)11-12-22(19)15(3)20(23)21-18-7-5-4-6-8-18/h4-15H,1-3H3,(H,21,23). The van der Waals surface area contributed by atoms with Crippen LogP contribution in [0.4, 0.5) is 5.69 Å². The van der Waals surface area contributed by atoms with E-state index in [1.54, 1.807) is 0 Å². The largest absolute Gasteiger partial charge is 0.335 e. The van der Waals surface area contributed by atoms with Crippen LogP contribution < -0.4 is 5.32 Å². The van der Waals surface area contributed by atoms with Crippen LogP contribution in [0.3, 0.4) is 0 Å². The molecule has 1 N–H and O–H groups in total. The maximum absolute atomic E-state index is 12.5. The van der Waals surface area contributed by atoms with Crippen LogP contribution >= 0.6 is 0 Å². The van der Waals surface area contributed by atoms with Crippen molar-refractivity contribution in [2.75, 3.05) is 5.32 Å². The summed E-state index contributed by atoms with van der Waals surface area (Å²) in [5.74, 6) is 0.489. The Kier molecular flexibility index (Phi) is 4.20. The quantitative estimate of drug-likeness (QED) is 0.726. The molecular formula is C20H22N2O. The number of nitrogens with one attached hydrogen (secondary N) is 1. The first-order valence-corrected chi connectivity index (χ1v) is 8.02. The molecule has 1 aromatic heterocycles. The highest BCUT2D eigenvalue weighted by molar-refractivity contribution is 5.95. The van der Waals surface area contributed by atoms with E-state index in [9.17, 15) is 4.79 Å². The van der Waals surface area contributed by atoms with Gasteiger partial charge in [-0.05, 0) is 54.1 Å². The van der Waals surface area contributed by atoms with Crippen LogP contribution in [0.5, 0.6) is 0 Å². The molecule has 1 amide bonds. The van der Waals surface area contributed by atoms with Gasteiger partial charge in [0.05, 0.1) is 0 Å². The Morgan fingerprint density at radius 2 is 1.74 bits per heavy atom. The molecule has 1 atom stereocenters. The molecule has 0 fully saturated rings. The molecular weight excluding hydrogens is 284 g/mol. The molecule has 1 heterocycles. The fourth-order valence-corrected chi connectivity index (χ4v) is 2.77. The van der Waals surface area contributed by atoms with E-state index in [4.69, 9.17) is 0 Å². The summed E-state index contributed by atoms with van der Waals surface area (Å²) in [7, 11) is 0. The van der Waals surface area contributed by atoms with E-state index in [0.29, 0.717) is 5.92 Å². The summed E-state index contributed by atoms with van der Waals surface area (Å²) in [4.78, 5) is 12.5. The SMILES string of the molecule is CC(C)c1ccc2c(ccn2C(C)C(=O)Nc2ccccc2)c1. The van der Waals surface area contributed by atoms with Crippen molar-refractivity contribution in [2.24, 2.45) is 0 Å². The molecule has 0 radical (unpaired) electrons. The second-order valence-corrected chi connectivity index (χ2v) is 6.23. The molecule has 2 aromatic carbocycles. The number of rotatable bonds is 4. The highest BCUT2D eigenvalue weighted by Crippen LogP contribution is 2.25. The summed E-state index contributed by atoms with van der Waals surface area (Å²) in [5, 5.41) is 4.14. The van der Waals surface area contributed by atoms with Crippen LogP contribution in [0.15, 0.2) is 60.8 Å². The molecule has 3 aromatic rings. The van der Waals surface area contributed by atoms with Crippen molar-refractivity contribution in [2.45, 2.75) is 32.7 Å². The van der Waals surface area contributed by atoms with Crippen LogP contribution in [0, 0.1) is 0 Å². The van der Waals surface area contributed by atoms with Crippen LogP contribution in [0.1, 0.15) is 38.3 Å². The first-order valence-electron chi connectivity index (χ1n) is 8.02. The van der Waals surface area contributed by atoms with Crippen molar-refractivity contribution < 1.29 is 4.79 Å². The van der Waals surface area contributed by atoms with E-state index in [1.807, 2.05) is 48.0 Å². The Balaban J connectivity index is 1.86. The number of aromatic nitrogens is 1. The normalized spacial score (nSPS) is 12.5. The minimum atomic E-state index is -0.266. The van der Waals surface area contributed by atoms with Gasteiger partial charge in [-0.2, -0.15) is 0 Å². The van der Waals surface area contributed by atoms with Crippen molar-refractivity contribution in [3.63, 3.8) is 0 Å². The number of para-hydroxylation sites is 1. The molecule has 0 aliphatic rings. The van der Waals surface area contributed by atoms with Crippen molar-refractivity contribution in [1.82, 2.24) is 4.57 Å². The number of carbonyl (C=O) groups excluding carboxylic acids is 1. The average molecular weight is 306 g/mol. The number of benzene rings is 2. The summed E-state index contributed by atoms with van der Waals surface area (Å²) in [6.45, 7) is 6.30. The summed E-state index contributed by atoms with van der Waals surface area (Å²) in [5.41, 5.74) is 3.23. The number of carbonyl (C=O) groups is 1. The number of nitrogens with zero attached hydrogens (tertiary/aromatic N) is 1. The predicted octanol–water partition coefficient (Wildman–Crippen LogP) is 4.96. The zero-order valence-electron chi connectivity index (χ0n) is 13.8. The van der Waals surface area contributed by atoms with Gasteiger partial charge in [0.2, 0.25) is 5.91 Å². The lowest BCUT2D eigenvalue weighted by atomic mass is 10.0. The molecule has 23 heavy (non-hydrogen) atoms. The second-order valence-electron chi connectivity index (χ2n) is 6.23. The Morgan fingerprint density at radius 3 is 2.43 bits per heavy atom. The van der Waals surface area contributed by atoms with Crippen molar-refractivity contribution >= 4 is 22.5 Å². The van der Waals surface area contributed by atoms with Crippen LogP contribution in [0.2, 0.25) is 0 Å². The Hall–Kier alpha value is -2.55. The third-order valence-corrected chi connectivity index (χ3v) is 4.25. The molecule has 0 aliphatic heterocycles. The maximum Gasteiger partial charge on any atom is 0.247 e. The number of anilines is 1. The topological polar surface area (TPSA) is 34.0 Å². The fraction of sp³-hybridized carbons (Fsp3) is 0.250. The molecule has 118 valence electrons. The van der Waals surface area contributed by atoms with Gasteiger partial charge in [-0.15, -0.1) is 0 Å². The molecule has 3 heteroatoms. The van der Waals surface area contributed by atoms with Crippen LogP contribution in [0.25, 0.3) is 10.9 Å². The van der Waals surface area contributed by atoms with Gasteiger partial charge in [0.25, 0.3) is 0 Å². The average Bonchev–Trinajstić information content (AvgIpc) is 2.98. The molecule has 0 saturated heterocycles. The molecule has 1 unspecified atom stereocenters. The van der Waals surface area contributed by atoms with Crippen molar-refractivity contribution in [3.8, 4) is 0 Å². The number of hydrogen-bond donors (Lipinski definition) is 1. The fourth-order valence-electron chi connectivity index (χ4n) is 2.77. The Bertz CT molecular complexity index is 818. The monoisotopic (exact) mass is 306 g/mol. The first-order chi connectivity index (χ1) is 11.1. The lowest BCUT2D eigenvalue weighted by Crippen LogP contribution is -2.23. The minimum Gasteiger partial charge on any atom is -0.335 e. The predicted molar refractivity (Wildman–Crippen MR) is 95.8 cm³/mol. The molecule has 3 nitrogen and oxygen atoms in total. The van der Waals surface area contributed by atoms with Gasteiger partial charge in [-0.3, -0.25) is 4.79 Å². The van der Waals surface area contributed by atoms with Crippen LogP contribution in [-0.2, 0) is 4.79 Å².